The van der Waals surface area contributed by atoms with Gasteiger partial charge in [0.1, 0.15) is 6.54 Å². The normalized spacial score (nSPS) is 12.4. The van der Waals surface area contributed by atoms with Gasteiger partial charge in [-0.1, -0.05) is 6.08 Å². The second-order valence-electron chi connectivity index (χ2n) is 4.00. The summed E-state index contributed by atoms with van der Waals surface area (Å²) in [6.07, 6.45) is -3.39. The topological polar surface area (TPSA) is 74.7 Å². The summed E-state index contributed by atoms with van der Waals surface area (Å²) < 4.78 is 62.2. The van der Waals surface area contributed by atoms with Gasteiger partial charge in [0, 0.05) is 6.54 Å². The number of hydrogen-bond donors (Lipinski definition) is 1. The molecule has 0 aromatic heterocycles. The van der Waals surface area contributed by atoms with Crippen LogP contribution in [0.25, 0.3) is 0 Å². The summed E-state index contributed by atoms with van der Waals surface area (Å²) in [6.45, 7) is 2.24. The summed E-state index contributed by atoms with van der Waals surface area (Å²) in [7, 11) is -4.21. The van der Waals surface area contributed by atoms with Crippen LogP contribution < -0.4 is 0 Å². The Morgan fingerprint density at radius 3 is 2.19 bits per heavy atom. The number of carboxylic acid groups (broad SMARTS) is 1. The first-order valence-corrected chi connectivity index (χ1v) is 7.03. The number of halogens is 3. The Kier molecular flexibility index (Phi) is 5.13. The molecule has 5 nitrogen and oxygen atoms in total. The first-order chi connectivity index (χ1) is 9.59. The number of sulfonamides is 1. The predicted molar refractivity (Wildman–Crippen MR) is 68.0 cm³/mol. The molecule has 0 atom stereocenters. The minimum Gasteiger partial charge on any atom is -0.480 e. The maximum Gasteiger partial charge on any atom is 0.416 e. The second-order valence-corrected chi connectivity index (χ2v) is 5.94. The molecule has 0 saturated carbocycles. The van der Waals surface area contributed by atoms with Gasteiger partial charge in [-0.3, -0.25) is 4.79 Å². The third-order valence-corrected chi connectivity index (χ3v) is 4.29. The van der Waals surface area contributed by atoms with Gasteiger partial charge in [0.25, 0.3) is 0 Å². The summed E-state index contributed by atoms with van der Waals surface area (Å²) >= 11 is 0. The van der Waals surface area contributed by atoms with Gasteiger partial charge >= 0.3 is 12.1 Å². The highest BCUT2D eigenvalue weighted by Crippen LogP contribution is 2.30. The molecule has 1 N–H and O–H groups in total. The van der Waals surface area contributed by atoms with Crippen molar-refractivity contribution in [3.63, 3.8) is 0 Å². The van der Waals surface area contributed by atoms with E-state index in [4.69, 9.17) is 5.11 Å². The van der Waals surface area contributed by atoms with Crippen molar-refractivity contribution in [3.05, 3.63) is 42.5 Å². The standard InChI is InChI=1S/C12H12F3NO4S/c1-2-7-16(8-11(17)18)21(19,20)10-5-3-9(4-6-10)12(13,14)15/h2-6H,1,7-8H2,(H,17,18). The number of nitrogens with zero attached hydrogens (tertiary/aromatic N) is 1. The molecule has 9 heteroatoms. The van der Waals surface area contributed by atoms with E-state index >= 15 is 0 Å². The molecule has 0 radical (unpaired) electrons. The number of hydrogen-bond acceptors (Lipinski definition) is 3. The van der Waals surface area contributed by atoms with E-state index in [1.165, 1.54) is 6.08 Å². The van der Waals surface area contributed by atoms with E-state index < -0.39 is 39.2 Å². The molecule has 0 amide bonds. The van der Waals surface area contributed by atoms with Crippen molar-refractivity contribution in [1.82, 2.24) is 4.31 Å². The van der Waals surface area contributed by atoms with Gasteiger partial charge in [-0.25, -0.2) is 8.42 Å². The fourth-order valence-electron chi connectivity index (χ4n) is 1.51. The molecule has 0 spiro atoms. The van der Waals surface area contributed by atoms with Crippen molar-refractivity contribution in [2.24, 2.45) is 0 Å². The predicted octanol–water partition coefficient (Wildman–Crippen LogP) is 1.97. The van der Waals surface area contributed by atoms with Crippen molar-refractivity contribution >= 4 is 16.0 Å². The molecule has 0 fully saturated rings. The van der Waals surface area contributed by atoms with Crippen molar-refractivity contribution in [2.45, 2.75) is 11.1 Å². The maximum atomic E-state index is 12.4. The Morgan fingerprint density at radius 2 is 1.81 bits per heavy atom. The van der Waals surface area contributed by atoms with Crippen LogP contribution in [-0.4, -0.2) is 36.9 Å². The third kappa shape index (κ3) is 4.30. The van der Waals surface area contributed by atoms with Gasteiger partial charge in [-0.15, -0.1) is 6.58 Å². The van der Waals surface area contributed by atoms with Crippen LogP contribution in [0.3, 0.4) is 0 Å². The summed E-state index contributed by atoms with van der Waals surface area (Å²) in [6, 6.07) is 2.83. The largest absolute Gasteiger partial charge is 0.480 e. The highest BCUT2D eigenvalue weighted by atomic mass is 32.2. The average molecular weight is 323 g/mol. The Hall–Kier alpha value is -1.87. The molecular formula is C12H12F3NO4S. The molecular weight excluding hydrogens is 311 g/mol. The molecule has 0 saturated heterocycles. The molecule has 1 aromatic rings. The van der Waals surface area contributed by atoms with Gasteiger partial charge in [0.15, 0.2) is 0 Å². The number of rotatable bonds is 6. The summed E-state index contributed by atoms with van der Waals surface area (Å²) in [4.78, 5) is 10.2. The van der Waals surface area contributed by atoms with Gasteiger partial charge in [0.2, 0.25) is 10.0 Å². The lowest BCUT2D eigenvalue weighted by Gasteiger charge is -2.19. The van der Waals surface area contributed by atoms with Crippen LogP contribution in [0.1, 0.15) is 5.56 Å². The number of alkyl halides is 3. The smallest absolute Gasteiger partial charge is 0.416 e. The molecule has 21 heavy (non-hydrogen) atoms. The van der Waals surface area contributed by atoms with Crippen LogP contribution in [0.4, 0.5) is 13.2 Å². The van der Waals surface area contributed by atoms with Crippen LogP contribution in [0.5, 0.6) is 0 Å². The van der Waals surface area contributed by atoms with E-state index in [2.05, 4.69) is 6.58 Å². The fraction of sp³-hybridized carbons (Fsp3) is 0.250. The first-order valence-electron chi connectivity index (χ1n) is 5.59. The molecule has 1 rings (SSSR count). The molecule has 116 valence electrons. The third-order valence-electron chi connectivity index (χ3n) is 2.46. The minimum absolute atomic E-state index is 0.268. The van der Waals surface area contributed by atoms with Crippen LogP contribution in [-0.2, 0) is 21.0 Å². The van der Waals surface area contributed by atoms with E-state index in [0.717, 1.165) is 12.1 Å². The number of aliphatic carboxylic acids is 1. The van der Waals surface area contributed by atoms with Crippen LogP contribution >= 0.6 is 0 Å². The van der Waals surface area contributed by atoms with Crippen molar-refractivity contribution < 1.29 is 31.5 Å². The molecule has 1 aromatic carbocycles. The van der Waals surface area contributed by atoms with E-state index in [9.17, 15) is 26.4 Å². The molecule has 0 heterocycles. The monoisotopic (exact) mass is 323 g/mol. The second kappa shape index (κ2) is 6.27. The van der Waals surface area contributed by atoms with Crippen molar-refractivity contribution in [3.8, 4) is 0 Å². The quantitative estimate of drug-likeness (QED) is 0.812. The zero-order valence-electron chi connectivity index (χ0n) is 10.7. The highest BCUT2D eigenvalue weighted by molar-refractivity contribution is 7.89. The van der Waals surface area contributed by atoms with Crippen molar-refractivity contribution in [1.29, 1.82) is 0 Å². The zero-order valence-corrected chi connectivity index (χ0v) is 11.5. The van der Waals surface area contributed by atoms with Gasteiger partial charge < -0.3 is 5.11 Å². The maximum absolute atomic E-state index is 12.4. The lowest BCUT2D eigenvalue weighted by atomic mass is 10.2. The molecule has 0 unspecified atom stereocenters. The molecule has 0 aliphatic heterocycles. The Morgan fingerprint density at radius 1 is 1.29 bits per heavy atom. The number of carbonyl (C=O) groups is 1. The number of carboxylic acids is 1. The molecule has 0 aliphatic carbocycles. The van der Waals surface area contributed by atoms with Gasteiger partial charge in [0.05, 0.1) is 10.5 Å². The van der Waals surface area contributed by atoms with Gasteiger partial charge in [-0.2, -0.15) is 17.5 Å². The Labute approximate surface area is 119 Å². The van der Waals surface area contributed by atoms with Crippen LogP contribution in [0.15, 0.2) is 41.8 Å². The van der Waals surface area contributed by atoms with E-state index in [-0.39, 0.29) is 6.54 Å². The first kappa shape index (κ1) is 17.2. The fourth-order valence-corrected chi connectivity index (χ4v) is 2.87. The van der Waals surface area contributed by atoms with Crippen LogP contribution in [0, 0.1) is 0 Å². The Bertz CT molecular complexity index is 623. The van der Waals surface area contributed by atoms with E-state index in [1.54, 1.807) is 0 Å². The van der Waals surface area contributed by atoms with Crippen molar-refractivity contribution in [2.75, 3.05) is 13.1 Å². The minimum atomic E-state index is -4.58. The highest BCUT2D eigenvalue weighted by Gasteiger charge is 2.31. The summed E-state index contributed by atoms with van der Waals surface area (Å²) in [5.74, 6) is -1.38. The number of benzene rings is 1. The SMILES string of the molecule is C=CCN(CC(=O)O)S(=O)(=O)c1ccc(C(F)(F)F)cc1. The molecule has 0 bridgehead atoms. The molecule has 0 aliphatic rings. The summed E-state index contributed by atoms with van der Waals surface area (Å²) in [5.41, 5.74) is -0.991. The Balaban J connectivity index is 3.16. The summed E-state index contributed by atoms with van der Waals surface area (Å²) in [5, 5.41) is 8.68. The zero-order chi connectivity index (χ0) is 16.3. The van der Waals surface area contributed by atoms with Gasteiger partial charge in [-0.05, 0) is 24.3 Å². The van der Waals surface area contributed by atoms with Crippen LogP contribution in [0.2, 0.25) is 0 Å². The average Bonchev–Trinajstić information content (AvgIpc) is 2.37. The van der Waals surface area contributed by atoms with E-state index in [1.807, 2.05) is 0 Å². The lowest BCUT2D eigenvalue weighted by Crippen LogP contribution is -2.35. The lowest BCUT2D eigenvalue weighted by molar-refractivity contribution is -0.138. The van der Waals surface area contributed by atoms with E-state index in [0.29, 0.717) is 16.4 Å².